The predicted molar refractivity (Wildman–Crippen MR) is 166 cm³/mol. The minimum Gasteiger partial charge on any atom is -0.457 e. The first-order chi connectivity index (χ1) is 20.9. The van der Waals surface area contributed by atoms with Crippen LogP contribution in [-0.4, -0.2) is 51.0 Å². The van der Waals surface area contributed by atoms with Crippen molar-refractivity contribution in [1.29, 1.82) is 0 Å². The van der Waals surface area contributed by atoms with Gasteiger partial charge in [-0.15, -0.1) is 0 Å². The maximum absolute atomic E-state index is 13.8. The molecule has 1 aliphatic rings. The quantitative estimate of drug-likeness (QED) is 0.0266. The van der Waals surface area contributed by atoms with Gasteiger partial charge < -0.3 is 9.15 Å². The number of nitro benzene ring substituents is 1. The van der Waals surface area contributed by atoms with E-state index in [0.29, 0.717) is 19.0 Å². The molecule has 1 aromatic heterocycles. The SMILES string of the molecule is O=C(CN(C(=O)c1ccc([N+](=O)[O-])cc1)N1C(=O)c2c(Br)c(Br)c(Br)c(Br)c2C1=O)c1ccc(OC(=O)c2ccco2)cc1. The Hall–Kier alpha value is -3.99. The number of hydrogen-bond donors (Lipinski definition) is 0. The highest BCUT2D eigenvalue weighted by Gasteiger charge is 2.46. The van der Waals surface area contributed by atoms with E-state index in [1.54, 1.807) is 0 Å². The highest BCUT2D eigenvalue weighted by atomic mass is 79.9. The second kappa shape index (κ2) is 12.6. The molecule has 1 aliphatic heterocycles. The molecular formula is C28H13Br4N3O9. The van der Waals surface area contributed by atoms with E-state index in [-0.39, 0.29) is 48.4 Å². The Labute approximate surface area is 280 Å². The molecule has 44 heavy (non-hydrogen) atoms. The molecule has 0 saturated carbocycles. The molecule has 0 aliphatic carbocycles. The molecule has 222 valence electrons. The third kappa shape index (κ3) is 5.77. The number of amides is 3. The monoisotopic (exact) mass is 851 g/mol. The number of carbonyl (C=O) groups excluding carboxylic acids is 5. The number of ether oxygens (including phenoxy) is 1. The molecule has 0 saturated heterocycles. The van der Waals surface area contributed by atoms with E-state index in [4.69, 9.17) is 9.15 Å². The highest BCUT2D eigenvalue weighted by Crippen LogP contribution is 2.45. The number of rotatable bonds is 8. The van der Waals surface area contributed by atoms with Crippen molar-refractivity contribution in [2.24, 2.45) is 0 Å². The van der Waals surface area contributed by atoms with E-state index in [1.165, 1.54) is 42.7 Å². The molecule has 2 heterocycles. The maximum atomic E-state index is 13.8. The lowest BCUT2D eigenvalue weighted by Crippen LogP contribution is -2.51. The largest absolute Gasteiger partial charge is 0.457 e. The van der Waals surface area contributed by atoms with Crippen LogP contribution in [0.4, 0.5) is 5.69 Å². The van der Waals surface area contributed by atoms with E-state index >= 15 is 0 Å². The van der Waals surface area contributed by atoms with Crippen LogP contribution in [0.2, 0.25) is 0 Å². The summed E-state index contributed by atoms with van der Waals surface area (Å²) in [5.74, 6) is -4.09. The fourth-order valence-electron chi connectivity index (χ4n) is 4.15. The van der Waals surface area contributed by atoms with Crippen LogP contribution >= 0.6 is 63.7 Å². The van der Waals surface area contributed by atoms with Gasteiger partial charge in [0.25, 0.3) is 23.4 Å². The number of nitro groups is 1. The van der Waals surface area contributed by atoms with Gasteiger partial charge >= 0.3 is 5.97 Å². The van der Waals surface area contributed by atoms with Crippen LogP contribution in [0.3, 0.4) is 0 Å². The van der Waals surface area contributed by atoms with Crippen LogP contribution in [0.1, 0.15) is 52.0 Å². The summed E-state index contributed by atoms with van der Waals surface area (Å²) in [5.41, 5.74) is -0.475. The minimum atomic E-state index is -0.947. The van der Waals surface area contributed by atoms with Gasteiger partial charge in [-0.2, -0.15) is 5.01 Å². The number of ketones is 1. The number of hydrazine groups is 1. The molecule has 0 unspecified atom stereocenters. The fraction of sp³-hybridized carbons (Fsp3) is 0.0357. The lowest BCUT2D eigenvalue weighted by molar-refractivity contribution is -0.384. The topological polar surface area (TPSA) is 157 Å². The first kappa shape index (κ1) is 31.4. The van der Waals surface area contributed by atoms with E-state index in [1.807, 2.05) is 0 Å². The van der Waals surface area contributed by atoms with Crippen molar-refractivity contribution in [2.45, 2.75) is 0 Å². The number of esters is 1. The summed E-state index contributed by atoms with van der Waals surface area (Å²) in [4.78, 5) is 77.2. The van der Waals surface area contributed by atoms with Crippen molar-refractivity contribution in [2.75, 3.05) is 6.54 Å². The second-order valence-electron chi connectivity index (χ2n) is 8.91. The van der Waals surface area contributed by atoms with Crippen LogP contribution in [0.15, 0.2) is 89.2 Å². The molecule has 0 N–H and O–H groups in total. The van der Waals surface area contributed by atoms with Gasteiger partial charge in [0.2, 0.25) is 5.76 Å². The number of hydrogen-bond acceptors (Lipinski definition) is 9. The van der Waals surface area contributed by atoms with E-state index < -0.39 is 40.9 Å². The lowest BCUT2D eigenvalue weighted by atomic mass is 10.1. The summed E-state index contributed by atoms with van der Waals surface area (Å²) in [6, 6.07) is 12.8. The third-order valence-electron chi connectivity index (χ3n) is 6.28. The van der Waals surface area contributed by atoms with Gasteiger partial charge in [-0.1, -0.05) is 0 Å². The molecule has 3 amide bonds. The zero-order chi connectivity index (χ0) is 31.9. The van der Waals surface area contributed by atoms with Gasteiger partial charge in [0.15, 0.2) is 5.78 Å². The molecule has 5 rings (SSSR count). The molecule has 0 fully saturated rings. The zero-order valence-electron chi connectivity index (χ0n) is 21.6. The summed E-state index contributed by atoms with van der Waals surface area (Å²) in [7, 11) is 0. The standard InChI is InChI=1S/C28H13Br4N3O9/c29-21-19-20(22(30)24(32)23(21)31)27(39)34(26(19)38)33(25(37)14-3-7-15(8-4-14)35(41)42)12-17(36)13-5-9-16(10-6-13)44-28(40)18-2-1-11-43-18/h1-11H,12H2. The average molecular weight is 855 g/mol. The summed E-state index contributed by atoms with van der Waals surface area (Å²) in [6.07, 6.45) is 1.31. The molecule has 0 atom stereocenters. The van der Waals surface area contributed by atoms with E-state index in [0.717, 1.165) is 24.3 Å². The number of halogens is 4. The molecule has 12 nitrogen and oxygen atoms in total. The number of carbonyl (C=O) groups is 5. The Balaban J connectivity index is 1.48. The number of furan rings is 1. The Morgan fingerprint density at radius 2 is 1.36 bits per heavy atom. The number of fused-ring (bicyclic) bond motifs is 1. The number of Topliss-reactive ketones (excluding diaryl/α,β-unsaturated/α-hetero) is 1. The van der Waals surface area contributed by atoms with E-state index in [2.05, 4.69) is 63.7 Å². The van der Waals surface area contributed by atoms with Crippen molar-refractivity contribution in [3.63, 3.8) is 0 Å². The van der Waals surface area contributed by atoms with Crippen molar-refractivity contribution in [3.05, 3.63) is 123 Å². The van der Waals surface area contributed by atoms with Crippen molar-refractivity contribution in [3.8, 4) is 5.75 Å². The summed E-state index contributed by atoms with van der Waals surface area (Å²) < 4.78 is 11.5. The van der Waals surface area contributed by atoms with Gasteiger partial charge in [0.1, 0.15) is 12.3 Å². The molecule has 0 bridgehead atoms. The van der Waals surface area contributed by atoms with E-state index in [9.17, 15) is 34.1 Å². The number of nitrogens with zero attached hydrogens (tertiary/aromatic N) is 3. The Kier molecular flexibility index (Phi) is 8.97. The fourth-order valence-corrected chi connectivity index (χ4v) is 6.61. The summed E-state index contributed by atoms with van der Waals surface area (Å²) in [5, 5.41) is 12.4. The predicted octanol–water partition coefficient (Wildman–Crippen LogP) is 6.99. The molecule has 4 aromatic rings. The van der Waals surface area contributed by atoms with Gasteiger partial charge in [-0.05, 0) is 112 Å². The third-order valence-corrected chi connectivity index (χ3v) is 11.1. The van der Waals surface area contributed by atoms with Crippen molar-refractivity contribution < 1.29 is 38.1 Å². The molecule has 3 aromatic carbocycles. The van der Waals surface area contributed by atoms with Crippen LogP contribution < -0.4 is 4.74 Å². The summed E-state index contributed by atoms with van der Waals surface area (Å²) >= 11 is 13.3. The maximum Gasteiger partial charge on any atom is 0.379 e. The molecular weight excluding hydrogens is 842 g/mol. The molecule has 16 heteroatoms. The average Bonchev–Trinajstić information content (AvgIpc) is 3.64. The minimum absolute atomic E-state index is 0.0242. The van der Waals surface area contributed by atoms with Crippen LogP contribution in [0.25, 0.3) is 0 Å². The zero-order valence-corrected chi connectivity index (χ0v) is 27.9. The first-order valence-corrected chi connectivity index (χ1v) is 15.3. The van der Waals surface area contributed by atoms with Crippen molar-refractivity contribution >= 4 is 98.9 Å². The van der Waals surface area contributed by atoms with Gasteiger partial charge in [-0.25, -0.2) is 9.80 Å². The second-order valence-corrected chi connectivity index (χ2v) is 12.1. The lowest BCUT2D eigenvalue weighted by Gasteiger charge is -2.29. The number of imide groups is 1. The highest BCUT2D eigenvalue weighted by molar-refractivity contribution is 9.15. The summed E-state index contributed by atoms with van der Waals surface area (Å²) in [6.45, 7) is -0.773. The van der Waals surface area contributed by atoms with Gasteiger partial charge in [0.05, 0.1) is 22.3 Å². The normalized spacial score (nSPS) is 12.2. The van der Waals surface area contributed by atoms with Crippen LogP contribution in [-0.2, 0) is 0 Å². The first-order valence-electron chi connectivity index (χ1n) is 12.1. The smallest absolute Gasteiger partial charge is 0.379 e. The Morgan fingerprint density at radius 3 is 1.86 bits per heavy atom. The van der Waals surface area contributed by atoms with Gasteiger partial charge in [0, 0.05) is 41.2 Å². The molecule has 0 spiro atoms. The van der Waals surface area contributed by atoms with Gasteiger partial charge in [-0.3, -0.25) is 29.3 Å². The van der Waals surface area contributed by atoms with Crippen LogP contribution in [0.5, 0.6) is 5.75 Å². The number of non-ortho nitro benzene ring substituents is 1. The Bertz CT molecular complexity index is 1830. The number of benzene rings is 3. The Morgan fingerprint density at radius 1 is 0.818 bits per heavy atom. The van der Waals surface area contributed by atoms with Crippen molar-refractivity contribution in [1.82, 2.24) is 10.0 Å². The van der Waals surface area contributed by atoms with Crippen LogP contribution in [0, 0.1) is 10.1 Å². The molecule has 0 radical (unpaired) electrons.